The monoisotopic (exact) mass is 298 g/mol. The Hall–Kier alpha value is -1.14. The van der Waals surface area contributed by atoms with Gasteiger partial charge in [-0.05, 0) is 25.8 Å². The van der Waals surface area contributed by atoms with Gasteiger partial charge in [-0.3, -0.25) is 4.79 Å². The maximum Gasteiger partial charge on any atom is 0.329 e. The van der Waals surface area contributed by atoms with Gasteiger partial charge in [-0.1, -0.05) is 13.3 Å². The van der Waals surface area contributed by atoms with Crippen molar-refractivity contribution in [1.29, 1.82) is 0 Å². The second kappa shape index (κ2) is 6.75. The van der Waals surface area contributed by atoms with E-state index in [0.717, 1.165) is 32.2 Å². The van der Waals surface area contributed by atoms with Crippen LogP contribution in [0.5, 0.6) is 0 Å². The van der Waals surface area contributed by atoms with Gasteiger partial charge in [0.15, 0.2) is 0 Å². The number of hydrogen-bond donors (Lipinski definition) is 3. The highest BCUT2D eigenvalue weighted by atomic mass is 16.5. The van der Waals surface area contributed by atoms with Gasteiger partial charge in [-0.2, -0.15) is 0 Å². The first-order valence-corrected chi connectivity index (χ1v) is 7.89. The van der Waals surface area contributed by atoms with Crippen molar-refractivity contribution in [3.05, 3.63) is 0 Å². The molecule has 2 heterocycles. The molecule has 2 aliphatic heterocycles. The molecular weight excluding hydrogens is 272 g/mol. The number of hydrogen-bond acceptors (Lipinski definition) is 4. The van der Waals surface area contributed by atoms with E-state index < -0.39 is 16.9 Å². The van der Waals surface area contributed by atoms with Gasteiger partial charge < -0.3 is 20.5 Å². The average molecular weight is 298 g/mol. The van der Waals surface area contributed by atoms with E-state index in [0.29, 0.717) is 32.6 Å². The number of amides is 1. The maximum atomic E-state index is 12.8. The predicted molar refractivity (Wildman–Crippen MR) is 78.0 cm³/mol. The van der Waals surface area contributed by atoms with Crippen molar-refractivity contribution in [2.24, 2.45) is 5.41 Å². The highest BCUT2D eigenvalue weighted by Crippen LogP contribution is 2.33. The molecule has 1 atom stereocenters. The number of nitrogens with one attached hydrogen (secondary N) is 2. The predicted octanol–water partition coefficient (Wildman–Crippen LogP) is 0.906. The van der Waals surface area contributed by atoms with E-state index in [1.165, 1.54) is 0 Å². The highest BCUT2D eigenvalue weighted by molar-refractivity contribution is 5.90. The van der Waals surface area contributed by atoms with Gasteiger partial charge >= 0.3 is 5.97 Å². The molecule has 6 nitrogen and oxygen atoms in total. The molecule has 1 unspecified atom stereocenters. The van der Waals surface area contributed by atoms with E-state index in [1.54, 1.807) is 0 Å². The first-order valence-electron chi connectivity index (χ1n) is 7.89. The van der Waals surface area contributed by atoms with Crippen LogP contribution in [0.15, 0.2) is 0 Å². The lowest BCUT2D eigenvalue weighted by atomic mass is 9.75. The van der Waals surface area contributed by atoms with Crippen molar-refractivity contribution in [3.8, 4) is 0 Å². The third kappa shape index (κ3) is 3.37. The van der Waals surface area contributed by atoms with Crippen LogP contribution < -0.4 is 10.6 Å². The van der Waals surface area contributed by atoms with E-state index in [-0.39, 0.29) is 5.91 Å². The SMILES string of the molecule is CCCC1(C(=O)NC2(C(=O)O)CCOCC2)CCCNC1. The zero-order valence-electron chi connectivity index (χ0n) is 12.7. The Morgan fingerprint density at radius 1 is 1.29 bits per heavy atom. The summed E-state index contributed by atoms with van der Waals surface area (Å²) in [7, 11) is 0. The Labute approximate surface area is 125 Å². The van der Waals surface area contributed by atoms with E-state index in [9.17, 15) is 14.7 Å². The number of aliphatic carboxylic acids is 1. The molecule has 120 valence electrons. The molecule has 0 aliphatic carbocycles. The topological polar surface area (TPSA) is 87.7 Å². The Morgan fingerprint density at radius 3 is 2.52 bits per heavy atom. The summed E-state index contributed by atoms with van der Waals surface area (Å²) in [6, 6.07) is 0. The molecule has 0 spiro atoms. The summed E-state index contributed by atoms with van der Waals surface area (Å²) < 4.78 is 5.25. The lowest BCUT2D eigenvalue weighted by Gasteiger charge is -2.41. The fraction of sp³-hybridized carbons (Fsp3) is 0.867. The number of carboxylic acids is 1. The quantitative estimate of drug-likeness (QED) is 0.702. The minimum atomic E-state index is -1.16. The van der Waals surface area contributed by atoms with Crippen LogP contribution in [0.3, 0.4) is 0 Å². The molecule has 2 rings (SSSR count). The van der Waals surface area contributed by atoms with Crippen molar-refractivity contribution >= 4 is 11.9 Å². The summed E-state index contributed by atoms with van der Waals surface area (Å²) >= 11 is 0. The third-order valence-corrected chi connectivity index (χ3v) is 4.79. The maximum absolute atomic E-state index is 12.8. The normalized spacial score (nSPS) is 28.8. The fourth-order valence-electron chi connectivity index (χ4n) is 3.43. The smallest absolute Gasteiger partial charge is 0.329 e. The Bertz CT molecular complexity index is 380. The minimum absolute atomic E-state index is 0.110. The van der Waals surface area contributed by atoms with Crippen molar-refractivity contribution in [3.63, 3.8) is 0 Å². The molecule has 0 aromatic carbocycles. The van der Waals surface area contributed by atoms with Crippen LogP contribution in [0.1, 0.15) is 45.4 Å². The van der Waals surface area contributed by atoms with Crippen LogP contribution in [0.25, 0.3) is 0 Å². The lowest BCUT2D eigenvalue weighted by molar-refractivity contribution is -0.154. The van der Waals surface area contributed by atoms with Crippen LogP contribution >= 0.6 is 0 Å². The number of ether oxygens (including phenoxy) is 1. The molecule has 2 fully saturated rings. The average Bonchev–Trinajstić information content (AvgIpc) is 2.49. The zero-order chi connectivity index (χ0) is 15.3. The largest absolute Gasteiger partial charge is 0.480 e. The summed E-state index contributed by atoms with van der Waals surface area (Å²) in [5.41, 5.74) is -1.62. The van der Waals surface area contributed by atoms with Gasteiger partial charge in [-0.25, -0.2) is 4.79 Å². The molecule has 3 N–H and O–H groups in total. The van der Waals surface area contributed by atoms with Crippen molar-refractivity contribution in [2.75, 3.05) is 26.3 Å². The molecule has 6 heteroatoms. The van der Waals surface area contributed by atoms with E-state index in [2.05, 4.69) is 17.6 Å². The van der Waals surface area contributed by atoms with Crippen molar-refractivity contribution in [2.45, 2.75) is 51.0 Å². The minimum Gasteiger partial charge on any atom is -0.480 e. The van der Waals surface area contributed by atoms with Crippen molar-refractivity contribution in [1.82, 2.24) is 10.6 Å². The summed E-state index contributed by atoms with van der Waals surface area (Å²) in [4.78, 5) is 24.5. The van der Waals surface area contributed by atoms with Crippen LogP contribution in [0.2, 0.25) is 0 Å². The van der Waals surface area contributed by atoms with Gasteiger partial charge in [0.2, 0.25) is 5.91 Å². The molecule has 21 heavy (non-hydrogen) atoms. The second-order valence-electron chi connectivity index (χ2n) is 6.26. The summed E-state index contributed by atoms with van der Waals surface area (Å²) in [6.07, 6.45) is 4.16. The van der Waals surface area contributed by atoms with Gasteiger partial charge in [0, 0.05) is 32.6 Å². The highest BCUT2D eigenvalue weighted by Gasteiger charge is 2.47. The lowest BCUT2D eigenvalue weighted by Crippen LogP contribution is -2.62. The van der Waals surface area contributed by atoms with Crippen LogP contribution in [0, 0.1) is 5.41 Å². The summed E-state index contributed by atoms with van der Waals surface area (Å²) in [6.45, 7) is 4.39. The molecule has 2 aliphatic rings. The number of piperidine rings is 1. The fourth-order valence-corrected chi connectivity index (χ4v) is 3.43. The van der Waals surface area contributed by atoms with E-state index in [1.807, 2.05) is 0 Å². The molecule has 0 aromatic rings. The zero-order valence-corrected chi connectivity index (χ0v) is 12.7. The number of carbonyl (C=O) groups is 2. The first-order chi connectivity index (χ1) is 10.0. The molecule has 0 bridgehead atoms. The molecule has 2 saturated heterocycles. The van der Waals surface area contributed by atoms with E-state index >= 15 is 0 Å². The van der Waals surface area contributed by atoms with Gasteiger partial charge in [0.1, 0.15) is 5.54 Å². The second-order valence-corrected chi connectivity index (χ2v) is 6.26. The molecule has 1 amide bonds. The van der Waals surface area contributed by atoms with Crippen LogP contribution in [-0.4, -0.2) is 48.8 Å². The van der Waals surface area contributed by atoms with E-state index in [4.69, 9.17) is 4.74 Å². The third-order valence-electron chi connectivity index (χ3n) is 4.79. The van der Waals surface area contributed by atoms with Crippen molar-refractivity contribution < 1.29 is 19.4 Å². The molecule has 0 saturated carbocycles. The number of carbonyl (C=O) groups excluding carboxylic acids is 1. The molecule has 0 radical (unpaired) electrons. The van der Waals surface area contributed by atoms with Gasteiger partial charge in [-0.15, -0.1) is 0 Å². The summed E-state index contributed by atoms with van der Waals surface area (Å²) in [5.74, 6) is -1.06. The van der Waals surface area contributed by atoms with Crippen LogP contribution in [0.4, 0.5) is 0 Å². The molecule has 0 aromatic heterocycles. The molecular formula is C15H26N2O4. The van der Waals surface area contributed by atoms with Gasteiger partial charge in [0.25, 0.3) is 0 Å². The standard InChI is InChI=1S/C15H26N2O4/c1-2-4-14(5-3-8-16-11-14)12(18)17-15(13(19)20)6-9-21-10-7-15/h16H,2-11H2,1H3,(H,17,18)(H,19,20). The Morgan fingerprint density at radius 2 is 2.00 bits per heavy atom. The summed E-state index contributed by atoms with van der Waals surface area (Å²) in [5, 5.41) is 15.7. The first kappa shape index (κ1) is 16.2. The Kier molecular flexibility index (Phi) is 5.22. The Balaban J connectivity index is 2.14. The van der Waals surface area contributed by atoms with Gasteiger partial charge in [0.05, 0.1) is 5.41 Å². The number of rotatable bonds is 5. The number of carboxylic acid groups (broad SMARTS) is 1. The van der Waals surface area contributed by atoms with Crippen LogP contribution in [-0.2, 0) is 14.3 Å².